The molecule has 0 aliphatic carbocycles. The molecule has 1 atom stereocenters. The highest BCUT2D eigenvalue weighted by atomic mass is 16.6. The van der Waals surface area contributed by atoms with Crippen LogP contribution in [0.2, 0.25) is 0 Å². The summed E-state index contributed by atoms with van der Waals surface area (Å²) in [5, 5.41) is 11.8. The molecule has 0 amide bonds. The Bertz CT molecular complexity index is 1210. The topological polar surface area (TPSA) is 71.6 Å². The van der Waals surface area contributed by atoms with Crippen molar-refractivity contribution >= 4 is 21.7 Å². The standard InChI is InChI=1S/C22H17NO4/c24-14-7-5-13(6-8-14)9-15-12-26-20-10-17-16-3-1-2-4-19(16)23-22(25)18(17)11-21(20)27-15/h1-8,10-11,15,24H,9,12H2,(H,23,25)/t15-/m1/s1. The monoisotopic (exact) mass is 359 g/mol. The maximum Gasteiger partial charge on any atom is 0.256 e. The summed E-state index contributed by atoms with van der Waals surface area (Å²) in [6.07, 6.45) is 0.505. The van der Waals surface area contributed by atoms with Gasteiger partial charge in [0.1, 0.15) is 18.5 Å². The first-order valence-electron chi connectivity index (χ1n) is 8.83. The van der Waals surface area contributed by atoms with Crippen molar-refractivity contribution in [2.75, 3.05) is 6.61 Å². The molecule has 0 spiro atoms. The fourth-order valence-corrected chi connectivity index (χ4v) is 3.58. The number of ether oxygens (including phenoxy) is 2. The molecule has 27 heavy (non-hydrogen) atoms. The molecule has 3 aromatic carbocycles. The lowest BCUT2D eigenvalue weighted by Crippen LogP contribution is -2.31. The van der Waals surface area contributed by atoms with E-state index < -0.39 is 0 Å². The molecule has 0 fully saturated rings. The Morgan fingerprint density at radius 1 is 0.963 bits per heavy atom. The smallest absolute Gasteiger partial charge is 0.256 e. The van der Waals surface area contributed by atoms with Crippen LogP contribution in [0.5, 0.6) is 17.2 Å². The van der Waals surface area contributed by atoms with Crippen molar-refractivity contribution < 1.29 is 14.6 Å². The number of rotatable bonds is 2. The molecule has 5 rings (SSSR count). The first kappa shape index (κ1) is 15.8. The Morgan fingerprint density at radius 2 is 1.74 bits per heavy atom. The van der Waals surface area contributed by atoms with E-state index in [4.69, 9.17) is 9.47 Å². The van der Waals surface area contributed by atoms with Crippen LogP contribution < -0.4 is 15.0 Å². The molecule has 5 nitrogen and oxygen atoms in total. The summed E-state index contributed by atoms with van der Waals surface area (Å²) in [6, 6.07) is 18.4. The van der Waals surface area contributed by atoms with Crippen molar-refractivity contribution in [1.82, 2.24) is 4.98 Å². The van der Waals surface area contributed by atoms with Gasteiger partial charge in [-0.3, -0.25) is 4.79 Å². The van der Waals surface area contributed by atoms with Gasteiger partial charge in [0.2, 0.25) is 0 Å². The first-order valence-corrected chi connectivity index (χ1v) is 8.83. The van der Waals surface area contributed by atoms with Crippen LogP contribution in [0.4, 0.5) is 0 Å². The Balaban J connectivity index is 1.53. The maximum absolute atomic E-state index is 12.5. The summed E-state index contributed by atoms with van der Waals surface area (Å²) in [6.45, 7) is 0.431. The summed E-state index contributed by atoms with van der Waals surface area (Å²) in [5.74, 6) is 1.47. The van der Waals surface area contributed by atoms with Crippen LogP contribution in [0.15, 0.2) is 65.5 Å². The molecule has 1 aliphatic heterocycles. The van der Waals surface area contributed by atoms with Gasteiger partial charge in [-0.15, -0.1) is 0 Å². The van der Waals surface area contributed by atoms with Gasteiger partial charge in [-0.05, 0) is 35.9 Å². The summed E-state index contributed by atoms with van der Waals surface area (Å²) in [5.41, 5.74) is 1.71. The number of fused-ring (bicyclic) bond motifs is 4. The highest BCUT2D eigenvalue weighted by molar-refractivity contribution is 6.06. The number of para-hydroxylation sites is 1. The molecule has 1 aromatic heterocycles. The molecule has 2 heterocycles. The van der Waals surface area contributed by atoms with Crippen molar-refractivity contribution in [3.8, 4) is 17.2 Å². The number of aromatic hydroxyl groups is 1. The van der Waals surface area contributed by atoms with Crippen molar-refractivity contribution in [3.05, 3.63) is 76.6 Å². The zero-order valence-electron chi connectivity index (χ0n) is 14.4. The number of hydrogen-bond acceptors (Lipinski definition) is 4. The third-order valence-electron chi connectivity index (χ3n) is 4.91. The van der Waals surface area contributed by atoms with Gasteiger partial charge in [-0.2, -0.15) is 0 Å². The van der Waals surface area contributed by atoms with Gasteiger partial charge in [-0.25, -0.2) is 0 Å². The van der Waals surface area contributed by atoms with E-state index in [0.29, 0.717) is 29.9 Å². The lowest BCUT2D eigenvalue weighted by atomic mass is 10.0. The van der Waals surface area contributed by atoms with E-state index >= 15 is 0 Å². The lowest BCUT2D eigenvalue weighted by Gasteiger charge is -2.27. The molecule has 0 saturated heterocycles. The maximum atomic E-state index is 12.5. The number of phenols is 1. The number of hydrogen-bond donors (Lipinski definition) is 2. The van der Waals surface area contributed by atoms with E-state index in [1.54, 1.807) is 18.2 Å². The molecule has 0 radical (unpaired) electrons. The van der Waals surface area contributed by atoms with E-state index in [1.807, 2.05) is 42.5 Å². The van der Waals surface area contributed by atoms with Crippen LogP contribution in [0.25, 0.3) is 21.7 Å². The Hall–Kier alpha value is -3.47. The fraction of sp³-hybridized carbons (Fsp3) is 0.136. The highest BCUT2D eigenvalue weighted by Gasteiger charge is 2.23. The quantitative estimate of drug-likeness (QED) is 0.535. The second kappa shape index (κ2) is 6.06. The number of H-pyrrole nitrogens is 1. The zero-order chi connectivity index (χ0) is 18.4. The highest BCUT2D eigenvalue weighted by Crippen LogP contribution is 2.37. The largest absolute Gasteiger partial charge is 0.508 e. The average molecular weight is 359 g/mol. The number of nitrogens with one attached hydrogen (secondary N) is 1. The summed E-state index contributed by atoms with van der Waals surface area (Å²) in [4.78, 5) is 15.4. The predicted molar refractivity (Wildman–Crippen MR) is 104 cm³/mol. The van der Waals surface area contributed by atoms with E-state index in [9.17, 15) is 9.90 Å². The number of pyridine rings is 1. The number of phenolic OH excluding ortho intramolecular Hbond substituents is 1. The molecule has 0 unspecified atom stereocenters. The van der Waals surface area contributed by atoms with E-state index in [1.165, 1.54) is 0 Å². The molecular weight excluding hydrogens is 342 g/mol. The summed E-state index contributed by atoms with van der Waals surface area (Å²) < 4.78 is 12.0. The molecule has 1 aliphatic rings. The predicted octanol–water partition coefficient (Wildman–Crippen LogP) is 3.77. The van der Waals surface area contributed by atoms with Gasteiger partial charge in [0.05, 0.1) is 5.39 Å². The number of aromatic nitrogens is 1. The Labute approximate surface area is 154 Å². The van der Waals surface area contributed by atoms with Crippen LogP contribution in [-0.2, 0) is 6.42 Å². The third kappa shape index (κ3) is 2.77. The SMILES string of the molecule is O=c1[nH]c2ccccc2c2cc3c(cc12)O[C@H](Cc1ccc(O)cc1)CO3. The molecule has 134 valence electrons. The van der Waals surface area contributed by atoms with Gasteiger partial charge in [0.15, 0.2) is 11.5 Å². The molecule has 0 saturated carbocycles. The van der Waals surface area contributed by atoms with Crippen molar-refractivity contribution in [2.45, 2.75) is 12.5 Å². The summed E-state index contributed by atoms with van der Waals surface area (Å²) >= 11 is 0. The minimum Gasteiger partial charge on any atom is -0.508 e. The van der Waals surface area contributed by atoms with Gasteiger partial charge in [-0.1, -0.05) is 30.3 Å². The normalized spacial score (nSPS) is 15.9. The zero-order valence-corrected chi connectivity index (χ0v) is 14.4. The summed E-state index contributed by atoms with van der Waals surface area (Å²) in [7, 11) is 0. The van der Waals surface area contributed by atoms with E-state index in [2.05, 4.69) is 4.98 Å². The lowest BCUT2D eigenvalue weighted by molar-refractivity contribution is 0.0916. The Kier molecular flexibility index (Phi) is 3.53. The molecular formula is C22H17NO4. The first-order chi connectivity index (χ1) is 13.2. The second-order valence-electron chi connectivity index (χ2n) is 6.77. The van der Waals surface area contributed by atoms with Gasteiger partial charge >= 0.3 is 0 Å². The number of benzene rings is 3. The fourth-order valence-electron chi connectivity index (χ4n) is 3.58. The molecule has 0 bridgehead atoms. The van der Waals surface area contributed by atoms with Gasteiger partial charge in [0.25, 0.3) is 5.56 Å². The van der Waals surface area contributed by atoms with Gasteiger partial charge in [0, 0.05) is 22.7 Å². The van der Waals surface area contributed by atoms with Crippen LogP contribution in [0.1, 0.15) is 5.56 Å². The number of aromatic amines is 1. The Morgan fingerprint density at radius 3 is 2.59 bits per heavy atom. The van der Waals surface area contributed by atoms with Crippen molar-refractivity contribution in [1.29, 1.82) is 0 Å². The molecule has 2 N–H and O–H groups in total. The van der Waals surface area contributed by atoms with E-state index in [-0.39, 0.29) is 17.4 Å². The minimum atomic E-state index is -0.154. The minimum absolute atomic E-state index is 0.143. The molecule has 4 aromatic rings. The average Bonchev–Trinajstić information content (AvgIpc) is 2.69. The van der Waals surface area contributed by atoms with Crippen LogP contribution >= 0.6 is 0 Å². The van der Waals surface area contributed by atoms with Crippen molar-refractivity contribution in [3.63, 3.8) is 0 Å². The van der Waals surface area contributed by atoms with Crippen molar-refractivity contribution in [2.24, 2.45) is 0 Å². The van der Waals surface area contributed by atoms with Crippen LogP contribution in [-0.4, -0.2) is 22.8 Å². The van der Waals surface area contributed by atoms with E-state index in [0.717, 1.165) is 21.9 Å². The molecule has 5 heteroatoms. The third-order valence-corrected chi connectivity index (χ3v) is 4.91. The van der Waals surface area contributed by atoms with Crippen LogP contribution in [0, 0.1) is 0 Å². The van der Waals surface area contributed by atoms with Gasteiger partial charge < -0.3 is 19.6 Å². The second-order valence-corrected chi connectivity index (χ2v) is 6.77. The van der Waals surface area contributed by atoms with Crippen LogP contribution in [0.3, 0.4) is 0 Å².